The van der Waals surface area contributed by atoms with E-state index in [1.54, 1.807) is 6.92 Å². The first-order valence-corrected chi connectivity index (χ1v) is 6.93. The Morgan fingerprint density at radius 3 is 2.63 bits per heavy atom. The van der Waals surface area contributed by atoms with Crippen LogP contribution in [0.25, 0.3) is 0 Å². The van der Waals surface area contributed by atoms with Gasteiger partial charge in [0.25, 0.3) is 16.4 Å². The summed E-state index contributed by atoms with van der Waals surface area (Å²) < 4.78 is 51.8. The number of nitrogens with zero attached hydrogens (tertiary/aromatic N) is 4. The Labute approximate surface area is 108 Å². The standard InChI is InChI=1S/C10H12F2N4O2S/c1-3-15-6-8(5-13-15)19(17,18)16-9(10(11)12)4-7(2)14-16/h4-6,10H,3H2,1-2H3. The molecule has 6 nitrogen and oxygen atoms in total. The molecule has 2 rings (SSSR count). The number of hydrogen-bond acceptors (Lipinski definition) is 4. The van der Waals surface area contributed by atoms with Gasteiger partial charge in [-0.25, -0.2) is 8.78 Å². The normalized spacial score (nSPS) is 12.3. The van der Waals surface area contributed by atoms with Gasteiger partial charge in [-0.05, 0) is 19.9 Å². The van der Waals surface area contributed by atoms with E-state index in [9.17, 15) is 17.2 Å². The maximum absolute atomic E-state index is 12.8. The highest BCUT2D eigenvalue weighted by molar-refractivity contribution is 7.89. The monoisotopic (exact) mass is 290 g/mol. The average molecular weight is 290 g/mol. The number of halogens is 2. The van der Waals surface area contributed by atoms with Crippen LogP contribution in [0.15, 0.2) is 23.4 Å². The van der Waals surface area contributed by atoms with Gasteiger partial charge in [0, 0.05) is 12.7 Å². The summed E-state index contributed by atoms with van der Waals surface area (Å²) in [7, 11) is -4.14. The Hall–Kier alpha value is -1.77. The van der Waals surface area contributed by atoms with Crippen molar-refractivity contribution in [3.05, 3.63) is 29.8 Å². The van der Waals surface area contributed by atoms with Crippen molar-refractivity contribution < 1.29 is 17.2 Å². The molecule has 0 aliphatic heterocycles. The van der Waals surface area contributed by atoms with Gasteiger partial charge in [-0.15, -0.1) is 0 Å². The molecule has 0 aliphatic rings. The van der Waals surface area contributed by atoms with Gasteiger partial charge in [-0.2, -0.15) is 22.7 Å². The molecule has 0 saturated heterocycles. The molecular weight excluding hydrogens is 278 g/mol. The summed E-state index contributed by atoms with van der Waals surface area (Å²) in [6, 6.07) is 1.05. The lowest BCUT2D eigenvalue weighted by Gasteiger charge is -2.05. The molecule has 2 aromatic rings. The Morgan fingerprint density at radius 2 is 2.11 bits per heavy atom. The van der Waals surface area contributed by atoms with E-state index >= 15 is 0 Å². The van der Waals surface area contributed by atoms with Crippen LogP contribution in [-0.4, -0.2) is 27.4 Å². The highest BCUT2D eigenvalue weighted by Crippen LogP contribution is 2.23. The van der Waals surface area contributed by atoms with Gasteiger partial charge in [-0.1, -0.05) is 0 Å². The number of alkyl halides is 2. The van der Waals surface area contributed by atoms with Gasteiger partial charge < -0.3 is 0 Å². The minimum Gasteiger partial charge on any atom is -0.272 e. The fraction of sp³-hybridized carbons (Fsp3) is 0.400. The topological polar surface area (TPSA) is 69.8 Å². The van der Waals surface area contributed by atoms with Crippen molar-refractivity contribution in [2.24, 2.45) is 0 Å². The predicted molar refractivity (Wildman–Crippen MR) is 62.4 cm³/mol. The van der Waals surface area contributed by atoms with Crippen LogP contribution in [0.2, 0.25) is 0 Å². The van der Waals surface area contributed by atoms with Crippen LogP contribution in [-0.2, 0) is 16.6 Å². The third-order valence-electron chi connectivity index (χ3n) is 2.51. The van der Waals surface area contributed by atoms with Crippen molar-refractivity contribution in [1.29, 1.82) is 0 Å². The molecule has 0 bridgehead atoms. The molecule has 0 atom stereocenters. The van der Waals surface area contributed by atoms with E-state index in [-0.39, 0.29) is 10.6 Å². The Bertz CT molecular complexity index is 690. The number of aromatic nitrogens is 4. The Balaban J connectivity index is 2.56. The largest absolute Gasteiger partial charge is 0.286 e. The van der Waals surface area contributed by atoms with E-state index < -0.39 is 22.1 Å². The molecule has 19 heavy (non-hydrogen) atoms. The SMILES string of the molecule is CCn1cc(S(=O)(=O)n2nc(C)cc2C(F)F)cn1. The predicted octanol–water partition coefficient (Wildman–Crippen LogP) is 1.58. The summed E-state index contributed by atoms with van der Waals surface area (Å²) >= 11 is 0. The summed E-state index contributed by atoms with van der Waals surface area (Å²) in [6.07, 6.45) is -0.524. The zero-order chi connectivity index (χ0) is 14.2. The van der Waals surface area contributed by atoms with Gasteiger partial charge in [0.2, 0.25) is 0 Å². The number of rotatable bonds is 4. The highest BCUT2D eigenvalue weighted by atomic mass is 32.2. The maximum atomic E-state index is 12.8. The van der Waals surface area contributed by atoms with Crippen molar-refractivity contribution in [3.63, 3.8) is 0 Å². The second-order valence-corrected chi connectivity index (χ2v) is 5.66. The van der Waals surface area contributed by atoms with Gasteiger partial charge in [-0.3, -0.25) is 4.68 Å². The summed E-state index contributed by atoms with van der Waals surface area (Å²) in [5.41, 5.74) is -0.441. The number of aryl methyl sites for hydroxylation is 2. The van der Waals surface area contributed by atoms with Crippen LogP contribution in [0.3, 0.4) is 0 Å². The quantitative estimate of drug-likeness (QED) is 0.857. The maximum Gasteiger partial charge on any atom is 0.286 e. The van der Waals surface area contributed by atoms with E-state index in [4.69, 9.17) is 0 Å². The van der Waals surface area contributed by atoms with Crippen molar-refractivity contribution >= 4 is 10.0 Å². The smallest absolute Gasteiger partial charge is 0.272 e. The second kappa shape index (κ2) is 4.72. The highest BCUT2D eigenvalue weighted by Gasteiger charge is 2.27. The molecule has 0 spiro atoms. The van der Waals surface area contributed by atoms with Crippen molar-refractivity contribution in [2.45, 2.75) is 31.7 Å². The fourth-order valence-corrected chi connectivity index (χ4v) is 2.87. The van der Waals surface area contributed by atoms with Crippen molar-refractivity contribution in [1.82, 2.24) is 19.0 Å². The van der Waals surface area contributed by atoms with Gasteiger partial charge in [0.1, 0.15) is 10.6 Å². The molecule has 0 aliphatic carbocycles. The summed E-state index contributed by atoms with van der Waals surface area (Å²) in [6.45, 7) is 3.72. The van der Waals surface area contributed by atoms with Gasteiger partial charge in [0.15, 0.2) is 0 Å². The minimum atomic E-state index is -4.14. The van der Waals surface area contributed by atoms with E-state index in [1.165, 1.54) is 17.8 Å². The number of hydrogen-bond donors (Lipinski definition) is 0. The first-order chi connectivity index (χ1) is 8.86. The molecule has 0 fully saturated rings. The average Bonchev–Trinajstić information content (AvgIpc) is 2.94. The summed E-state index contributed by atoms with van der Waals surface area (Å²) in [5.74, 6) is 0. The van der Waals surface area contributed by atoms with Crippen LogP contribution in [0.1, 0.15) is 24.7 Å². The third kappa shape index (κ3) is 2.37. The molecule has 2 heterocycles. The lowest BCUT2D eigenvalue weighted by Crippen LogP contribution is -2.17. The first-order valence-electron chi connectivity index (χ1n) is 5.49. The van der Waals surface area contributed by atoms with Crippen LogP contribution < -0.4 is 0 Å². The molecule has 0 N–H and O–H groups in total. The van der Waals surface area contributed by atoms with E-state index in [2.05, 4.69) is 10.2 Å². The summed E-state index contributed by atoms with van der Waals surface area (Å²) in [4.78, 5) is -0.167. The molecule has 0 amide bonds. The molecular formula is C10H12F2N4O2S. The van der Waals surface area contributed by atoms with E-state index in [1.807, 2.05) is 0 Å². The summed E-state index contributed by atoms with van der Waals surface area (Å²) in [5, 5.41) is 7.44. The minimum absolute atomic E-state index is 0.167. The first kappa shape index (κ1) is 13.7. The lowest BCUT2D eigenvalue weighted by atomic mass is 10.4. The molecule has 0 saturated carbocycles. The molecule has 9 heteroatoms. The third-order valence-corrected chi connectivity index (χ3v) is 4.06. The Kier molecular flexibility index (Phi) is 3.40. The molecule has 104 valence electrons. The zero-order valence-corrected chi connectivity index (χ0v) is 11.1. The van der Waals surface area contributed by atoms with Crippen LogP contribution in [0.5, 0.6) is 0 Å². The van der Waals surface area contributed by atoms with Gasteiger partial charge >= 0.3 is 0 Å². The second-order valence-electron chi connectivity index (χ2n) is 3.89. The van der Waals surface area contributed by atoms with Crippen molar-refractivity contribution in [3.8, 4) is 0 Å². The van der Waals surface area contributed by atoms with E-state index in [0.29, 0.717) is 10.6 Å². The van der Waals surface area contributed by atoms with Crippen LogP contribution in [0, 0.1) is 6.92 Å². The molecule has 2 aromatic heterocycles. The van der Waals surface area contributed by atoms with Crippen molar-refractivity contribution in [2.75, 3.05) is 0 Å². The fourth-order valence-electron chi connectivity index (χ4n) is 1.59. The molecule has 0 unspecified atom stereocenters. The van der Waals surface area contributed by atoms with Crippen LogP contribution in [0.4, 0.5) is 8.78 Å². The Morgan fingerprint density at radius 1 is 1.42 bits per heavy atom. The molecule has 0 radical (unpaired) electrons. The van der Waals surface area contributed by atoms with Gasteiger partial charge in [0.05, 0.1) is 11.9 Å². The lowest BCUT2D eigenvalue weighted by molar-refractivity contribution is 0.144. The zero-order valence-electron chi connectivity index (χ0n) is 10.3. The van der Waals surface area contributed by atoms with Crippen LogP contribution >= 0.6 is 0 Å². The van der Waals surface area contributed by atoms with E-state index in [0.717, 1.165) is 12.3 Å². The molecule has 0 aromatic carbocycles.